The second-order valence-electron chi connectivity index (χ2n) is 6.65. The highest BCUT2D eigenvalue weighted by Crippen LogP contribution is 2.49. The summed E-state index contributed by atoms with van der Waals surface area (Å²) in [5.74, 6) is -2.03. The molecule has 1 fully saturated rings. The zero-order valence-corrected chi connectivity index (χ0v) is 16.4. The first-order valence-corrected chi connectivity index (χ1v) is 10.1. The van der Waals surface area contributed by atoms with Crippen LogP contribution in [0.3, 0.4) is 0 Å². The van der Waals surface area contributed by atoms with Gasteiger partial charge in [0.2, 0.25) is 0 Å². The van der Waals surface area contributed by atoms with Gasteiger partial charge in [0.15, 0.2) is 0 Å². The molecular formula is C18H21N2O7P. The second kappa shape index (κ2) is 8.57. The predicted octanol–water partition coefficient (Wildman–Crippen LogP) is 2.28. The number of benzene rings is 1. The summed E-state index contributed by atoms with van der Waals surface area (Å²) in [5, 5.41) is 12.1. The van der Waals surface area contributed by atoms with E-state index >= 15 is 0 Å². The zero-order chi connectivity index (χ0) is 20.9. The summed E-state index contributed by atoms with van der Waals surface area (Å²) in [6.07, 6.45) is 5.59. The molecule has 1 aliphatic heterocycles. The third-order valence-electron chi connectivity index (χ3n) is 3.84. The number of amides is 2. The van der Waals surface area contributed by atoms with Crippen molar-refractivity contribution in [3.05, 3.63) is 29.8 Å². The molecule has 1 heterocycles. The van der Waals surface area contributed by atoms with Crippen molar-refractivity contribution in [3.8, 4) is 12.1 Å². The van der Waals surface area contributed by atoms with Crippen molar-refractivity contribution >= 4 is 31.0 Å². The Morgan fingerprint density at radius 3 is 2.36 bits per heavy atom. The summed E-state index contributed by atoms with van der Waals surface area (Å²) in [6.45, 7) is 3.14. The van der Waals surface area contributed by atoms with Crippen LogP contribution >= 0.6 is 7.52 Å². The van der Waals surface area contributed by atoms with E-state index in [0.29, 0.717) is 10.8 Å². The molecule has 1 unspecified atom stereocenters. The number of hydrogen-bond acceptors (Lipinski definition) is 7. The van der Waals surface area contributed by atoms with Crippen LogP contribution in [0.15, 0.2) is 24.3 Å². The number of nitrogens with one attached hydrogen (secondary N) is 1. The van der Waals surface area contributed by atoms with Crippen molar-refractivity contribution in [1.82, 2.24) is 5.06 Å². The van der Waals surface area contributed by atoms with E-state index in [1.165, 1.54) is 24.3 Å². The summed E-state index contributed by atoms with van der Waals surface area (Å²) >= 11 is 0. The number of terminal acetylenes is 1. The lowest BCUT2D eigenvalue weighted by Crippen LogP contribution is -2.32. The van der Waals surface area contributed by atoms with Gasteiger partial charge in [0.05, 0.1) is 11.2 Å². The van der Waals surface area contributed by atoms with Crippen molar-refractivity contribution < 1.29 is 33.4 Å². The van der Waals surface area contributed by atoms with Gasteiger partial charge in [0.25, 0.3) is 11.8 Å². The monoisotopic (exact) mass is 408 g/mol. The molecular weight excluding hydrogens is 387 g/mol. The average molecular weight is 408 g/mol. The Balaban J connectivity index is 2.06. The van der Waals surface area contributed by atoms with E-state index in [1.807, 2.05) is 0 Å². The van der Waals surface area contributed by atoms with E-state index in [9.17, 15) is 18.9 Å². The molecule has 1 aromatic carbocycles. The minimum atomic E-state index is -3.70. The normalized spacial score (nSPS) is 16.4. The van der Waals surface area contributed by atoms with Crippen LogP contribution in [0.1, 0.15) is 43.5 Å². The molecule has 0 bridgehead atoms. The van der Waals surface area contributed by atoms with Crippen molar-refractivity contribution in [2.75, 3.05) is 11.7 Å². The van der Waals surface area contributed by atoms with Crippen LogP contribution in [0, 0.1) is 12.1 Å². The van der Waals surface area contributed by atoms with Crippen LogP contribution in [-0.4, -0.2) is 40.2 Å². The van der Waals surface area contributed by atoms with Gasteiger partial charge in [-0.25, -0.2) is 4.79 Å². The third kappa shape index (κ3) is 5.42. The molecule has 2 amide bonds. The van der Waals surface area contributed by atoms with Gasteiger partial charge < -0.3 is 15.0 Å². The fraction of sp³-hybridized carbons (Fsp3) is 0.389. The SMILES string of the molecule is C#CP(=O)(Nc1ccc(C(=O)ON2C(=O)CCC2=O)cc1)OC(C)(C)CCO. The van der Waals surface area contributed by atoms with Crippen molar-refractivity contribution in [3.63, 3.8) is 0 Å². The molecule has 10 heteroatoms. The molecule has 2 rings (SSSR count). The van der Waals surface area contributed by atoms with E-state index in [4.69, 9.17) is 20.9 Å². The summed E-state index contributed by atoms with van der Waals surface area (Å²) in [4.78, 5) is 39.9. The van der Waals surface area contributed by atoms with Gasteiger partial charge in [-0.05, 0) is 44.5 Å². The van der Waals surface area contributed by atoms with Gasteiger partial charge in [0, 0.05) is 30.8 Å². The van der Waals surface area contributed by atoms with Crippen LogP contribution in [0.4, 0.5) is 5.69 Å². The highest BCUT2D eigenvalue weighted by Gasteiger charge is 2.33. The molecule has 1 saturated heterocycles. The number of rotatable bonds is 8. The van der Waals surface area contributed by atoms with Gasteiger partial charge in [0.1, 0.15) is 0 Å². The van der Waals surface area contributed by atoms with E-state index < -0.39 is 30.9 Å². The Morgan fingerprint density at radius 2 is 1.86 bits per heavy atom. The highest BCUT2D eigenvalue weighted by molar-refractivity contribution is 7.65. The average Bonchev–Trinajstić information content (AvgIpc) is 2.93. The van der Waals surface area contributed by atoms with Crippen molar-refractivity contribution in [1.29, 1.82) is 0 Å². The summed E-state index contributed by atoms with van der Waals surface area (Å²) in [6, 6.07) is 5.57. The summed E-state index contributed by atoms with van der Waals surface area (Å²) < 4.78 is 18.2. The number of aliphatic hydroxyl groups excluding tert-OH is 1. The standard InChI is InChI=1S/C18H21N2O7P/c1-4-28(25,27-18(2,3)11-12-21)19-14-7-5-13(6-8-14)17(24)26-20-15(22)9-10-16(20)23/h1,5-8,21H,9-12H2,2-3H3,(H,19,25). The quantitative estimate of drug-likeness (QED) is 0.382. The Morgan fingerprint density at radius 1 is 1.29 bits per heavy atom. The molecule has 28 heavy (non-hydrogen) atoms. The van der Waals surface area contributed by atoms with Crippen LogP contribution in [-0.2, 0) is 23.5 Å². The smallest absolute Gasteiger partial charge is 0.367 e. The number of hydrogen-bond donors (Lipinski definition) is 2. The van der Waals surface area contributed by atoms with E-state index in [1.54, 1.807) is 13.8 Å². The van der Waals surface area contributed by atoms with Crippen LogP contribution in [0.25, 0.3) is 0 Å². The molecule has 1 atom stereocenters. The number of hydroxylamine groups is 2. The van der Waals surface area contributed by atoms with E-state index in [2.05, 4.69) is 10.7 Å². The minimum Gasteiger partial charge on any atom is -0.396 e. The Labute approximate surface area is 162 Å². The van der Waals surface area contributed by atoms with Gasteiger partial charge in [-0.15, -0.1) is 11.5 Å². The van der Waals surface area contributed by atoms with Crippen LogP contribution in [0.5, 0.6) is 0 Å². The number of aliphatic hydroxyl groups is 1. The number of nitrogens with zero attached hydrogens (tertiary/aromatic N) is 1. The topological polar surface area (TPSA) is 122 Å². The molecule has 1 aromatic rings. The zero-order valence-electron chi connectivity index (χ0n) is 15.5. The van der Waals surface area contributed by atoms with E-state index in [-0.39, 0.29) is 31.4 Å². The third-order valence-corrected chi connectivity index (χ3v) is 5.48. The molecule has 0 spiro atoms. The predicted molar refractivity (Wildman–Crippen MR) is 99.9 cm³/mol. The van der Waals surface area contributed by atoms with Gasteiger partial charge in [-0.3, -0.25) is 18.7 Å². The Hall–Kier alpha value is -2.66. The maximum Gasteiger partial charge on any atom is 0.367 e. The molecule has 0 aliphatic carbocycles. The van der Waals surface area contributed by atoms with E-state index in [0.717, 1.165) is 0 Å². The molecule has 0 aromatic heterocycles. The Kier molecular flexibility index (Phi) is 6.62. The molecule has 9 nitrogen and oxygen atoms in total. The maximum absolute atomic E-state index is 12.7. The number of imide groups is 1. The summed E-state index contributed by atoms with van der Waals surface area (Å²) in [7, 11) is -3.70. The second-order valence-corrected chi connectivity index (χ2v) is 8.42. The van der Waals surface area contributed by atoms with Gasteiger partial charge >= 0.3 is 13.5 Å². The largest absolute Gasteiger partial charge is 0.396 e. The Bertz CT molecular complexity index is 842. The molecule has 0 saturated carbocycles. The van der Waals surface area contributed by atoms with Gasteiger partial charge in [-0.2, -0.15) is 0 Å². The maximum atomic E-state index is 12.7. The highest BCUT2D eigenvalue weighted by atomic mass is 31.2. The van der Waals surface area contributed by atoms with Crippen molar-refractivity contribution in [2.45, 2.75) is 38.7 Å². The lowest BCUT2D eigenvalue weighted by atomic mass is 10.1. The fourth-order valence-electron chi connectivity index (χ4n) is 2.39. The number of carbonyl (C=O) groups is 3. The first-order valence-electron chi connectivity index (χ1n) is 8.45. The summed E-state index contributed by atoms with van der Waals surface area (Å²) in [5.41, 5.74) is 1.59. The first-order chi connectivity index (χ1) is 13.1. The number of carbonyl (C=O) groups excluding carboxylic acids is 3. The van der Waals surface area contributed by atoms with Crippen LogP contribution in [0.2, 0.25) is 0 Å². The molecule has 2 N–H and O–H groups in total. The van der Waals surface area contributed by atoms with Crippen LogP contribution < -0.4 is 5.09 Å². The molecule has 1 aliphatic rings. The van der Waals surface area contributed by atoms with Gasteiger partial charge in [-0.1, -0.05) is 0 Å². The lowest BCUT2D eigenvalue weighted by molar-refractivity contribution is -0.172. The minimum absolute atomic E-state index is 0.00295. The first kappa shape index (κ1) is 21.6. The lowest BCUT2D eigenvalue weighted by Gasteiger charge is -2.28. The molecule has 150 valence electrons. The molecule has 0 radical (unpaired) electrons. The van der Waals surface area contributed by atoms with Crippen molar-refractivity contribution in [2.24, 2.45) is 0 Å². The fourth-order valence-corrected chi connectivity index (χ4v) is 3.83. The number of anilines is 1.